The van der Waals surface area contributed by atoms with Crippen molar-refractivity contribution in [2.24, 2.45) is 5.41 Å². The van der Waals surface area contributed by atoms with E-state index in [1.54, 1.807) is 17.3 Å². The Balaban J connectivity index is 1.14. The fraction of sp³-hybridized carbons (Fsp3) is 0.357. The molecule has 202 valence electrons. The van der Waals surface area contributed by atoms with Crippen LogP contribution in [0.4, 0.5) is 10.6 Å². The van der Waals surface area contributed by atoms with Gasteiger partial charge in [-0.2, -0.15) is 5.10 Å². The summed E-state index contributed by atoms with van der Waals surface area (Å²) in [6.07, 6.45) is 6.35. The molecule has 1 atom stereocenters. The number of carbonyl (C=O) groups excluding carboxylic acids is 1. The van der Waals surface area contributed by atoms with E-state index in [0.717, 1.165) is 67.0 Å². The maximum atomic E-state index is 11.8. The van der Waals surface area contributed by atoms with Gasteiger partial charge in [-0.3, -0.25) is 10.1 Å². The molecule has 6 rings (SSSR count). The number of halogens is 2. The molecule has 0 radical (unpaired) electrons. The van der Waals surface area contributed by atoms with Gasteiger partial charge in [0.25, 0.3) is 0 Å². The Kier molecular flexibility index (Phi) is 6.72. The van der Waals surface area contributed by atoms with Gasteiger partial charge in [-0.05, 0) is 50.1 Å². The third kappa shape index (κ3) is 4.85. The maximum absolute atomic E-state index is 11.8. The molecule has 0 saturated carbocycles. The largest absolute Gasteiger partial charge is 0.486 e. The van der Waals surface area contributed by atoms with E-state index >= 15 is 0 Å². The first-order valence-corrected chi connectivity index (χ1v) is 13.6. The minimum atomic E-state index is -0.366. The standard InChI is InChI=1S/C28H28Cl2N6O3/c1-17(25-21(29)13-31-14-22(25)30)39-19-4-5-23-20(11-19)26(34-33-23)18-3-6-24(32-12-18)36-15-28(16-36)7-9-35(10-8-28)27(37)38-2/h3-6,11-14,17H,7-10,15-16H2,1-2H3,(H,33,34)/t17-/m1/s1. The van der Waals surface area contributed by atoms with Crippen LogP contribution in [0.5, 0.6) is 5.75 Å². The number of ether oxygens (including phenoxy) is 2. The second-order valence-electron chi connectivity index (χ2n) is 10.3. The van der Waals surface area contributed by atoms with Crippen LogP contribution in [-0.4, -0.2) is 64.4 Å². The van der Waals surface area contributed by atoms with Crippen LogP contribution in [0.25, 0.3) is 22.2 Å². The number of nitrogens with one attached hydrogen (secondary N) is 1. The first-order chi connectivity index (χ1) is 18.9. The number of pyridine rings is 2. The van der Waals surface area contributed by atoms with Gasteiger partial charge < -0.3 is 19.3 Å². The summed E-state index contributed by atoms with van der Waals surface area (Å²) in [5.41, 5.74) is 3.57. The number of H-pyrrole nitrogens is 1. The summed E-state index contributed by atoms with van der Waals surface area (Å²) in [5.74, 6) is 1.62. The molecule has 1 N–H and O–H groups in total. The zero-order chi connectivity index (χ0) is 27.1. The van der Waals surface area contributed by atoms with Gasteiger partial charge in [-0.15, -0.1) is 0 Å². The molecule has 0 bridgehead atoms. The maximum Gasteiger partial charge on any atom is 0.409 e. The Morgan fingerprint density at radius 2 is 1.82 bits per heavy atom. The third-order valence-corrected chi connectivity index (χ3v) is 8.40. The summed E-state index contributed by atoms with van der Waals surface area (Å²) in [7, 11) is 1.43. The second-order valence-corrected chi connectivity index (χ2v) is 11.1. The van der Waals surface area contributed by atoms with Gasteiger partial charge in [0.2, 0.25) is 0 Å². The average molecular weight is 567 g/mol. The van der Waals surface area contributed by atoms with Gasteiger partial charge in [-0.25, -0.2) is 9.78 Å². The van der Waals surface area contributed by atoms with Crippen LogP contribution < -0.4 is 9.64 Å². The second kappa shape index (κ2) is 10.2. The van der Waals surface area contributed by atoms with Gasteiger partial charge in [0, 0.05) is 66.7 Å². The van der Waals surface area contributed by atoms with Gasteiger partial charge in [0.15, 0.2) is 0 Å². The van der Waals surface area contributed by atoms with Crippen LogP contribution in [0, 0.1) is 5.41 Å². The Morgan fingerprint density at radius 1 is 1.08 bits per heavy atom. The molecule has 39 heavy (non-hydrogen) atoms. The number of hydrogen-bond donors (Lipinski definition) is 1. The lowest BCUT2D eigenvalue weighted by molar-refractivity contribution is 0.0621. The van der Waals surface area contributed by atoms with Crippen molar-refractivity contribution in [3.8, 4) is 17.0 Å². The Labute approximate surface area is 236 Å². The van der Waals surface area contributed by atoms with Crippen molar-refractivity contribution in [1.82, 2.24) is 25.1 Å². The molecule has 3 aromatic heterocycles. The summed E-state index contributed by atoms with van der Waals surface area (Å²) < 4.78 is 11.1. The summed E-state index contributed by atoms with van der Waals surface area (Å²) in [5, 5.41) is 9.51. The van der Waals surface area contributed by atoms with Crippen LogP contribution in [0.2, 0.25) is 10.0 Å². The highest BCUT2D eigenvalue weighted by molar-refractivity contribution is 6.35. The van der Waals surface area contributed by atoms with E-state index in [1.807, 2.05) is 37.4 Å². The molecule has 1 amide bonds. The van der Waals surface area contributed by atoms with E-state index in [0.29, 0.717) is 21.4 Å². The van der Waals surface area contributed by atoms with Crippen molar-refractivity contribution in [1.29, 1.82) is 0 Å². The number of anilines is 1. The highest BCUT2D eigenvalue weighted by atomic mass is 35.5. The van der Waals surface area contributed by atoms with E-state index in [1.165, 1.54) is 7.11 Å². The smallest absolute Gasteiger partial charge is 0.409 e. The number of rotatable bonds is 5. The minimum Gasteiger partial charge on any atom is -0.486 e. The monoisotopic (exact) mass is 566 g/mol. The zero-order valence-corrected chi connectivity index (χ0v) is 23.2. The van der Waals surface area contributed by atoms with Crippen LogP contribution in [0.1, 0.15) is 31.4 Å². The van der Waals surface area contributed by atoms with Crippen LogP contribution >= 0.6 is 23.2 Å². The van der Waals surface area contributed by atoms with Crippen molar-refractivity contribution in [3.63, 3.8) is 0 Å². The molecule has 2 aliphatic heterocycles. The number of aromatic nitrogens is 4. The predicted molar refractivity (Wildman–Crippen MR) is 150 cm³/mol. The van der Waals surface area contributed by atoms with Gasteiger partial charge in [0.05, 0.1) is 22.7 Å². The van der Waals surface area contributed by atoms with Crippen molar-refractivity contribution in [2.75, 3.05) is 38.2 Å². The van der Waals surface area contributed by atoms with Crippen molar-refractivity contribution in [3.05, 3.63) is 64.5 Å². The molecule has 5 heterocycles. The Morgan fingerprint density at radius 3 is 2.49 bits per heavy atom. The number of carbonyl (C=O) groups is 1. The van der Waals surface area contributed by atoms with Crippen LogP contribution in [-0.2, 0) is 4.74 Å². The highest BCUT2D eigenvalue weighted by Gasteiger charge is 2.46. The topological polar surface area (TPSA) is 96.5 Å². The number of nitrogens with zero attached hydrogens (tertiary/aromatic N) is 5. The van der Waals surface area contributed by atoms with Gasteiger partial charge >= 0.3 is 6.09 Å². The number of aromatic amines is 1. The normalized spacial score (nSPS) is 17.2. The number of likely N-dealkylation sites (tertiary alicyclic amines) is 1. The number of amides is 1. The predicted octanol–water partition coefficient (Wildman–Crippen LogP) is 6.14. The minimum absolute atomic E-state index is 0.236. The number of methoxy groups -OCH3 is 1. The molecular formula is C28H28Cl2N6O3. The van der Waals surface area contributed by atoms with Crippen LogP contribution in [0.15, 0.2) is 48.9 Å². The van der Waals surface area contributed by atoms with E-state index < -0.39 is 0 Å². The first kappa shape index (κ1) is 25.7. The molecule has 1 aromatic carbocycles. The Bertz CT molecular complexity index is 1490. The molecule has 11 heteroatoms. The summed E-state index contributed by atoms with van der Waals surface area (Å²) in [6.45, 7) is 5.28. The average Bonchev–Trinajstić information content (AvgIpc) is 3.34. The van der Waals surface area contributed by atoms with E-state index in [-0.39, 0.29) is 17.6 Å². The lowest BCUT2D eigenvalue weighted by atomic mass is 9.72. The molecule has 2 fully saturated rings. The molecule has 0 aliphatic carbocycles. The molecule has 2 aliphatic rings. The molecule has 2 saturated heterocycles. The SMILES string of the molecule is COC(=O)N1CCC2(CC1)CN(c1ccc(-c3n[nH]c4ccc(O[C@H](C)c5c(Cl)cncc5Cl)cc34)cn1)C2. The highest BCUT2D eigenvalue weighted by Crippen LogP contribution is 2.42. The number of hydrogen-bond acceptors (Lipinski definition) is 7. The molecular weight excluding hydrogens is 539 g/mol. The molecule has 4 aromatic rings. The quantitative estimate of drug-likeness (QED) is 0.310. The first-order valence-electron chi connectivity index (χ1n) is 12.8. The summed E-state index contributed by atoms with van der Waals surface area (Å²) in [6, 6.07) is 9.88. The fourth-order valence-electron chi connectivity index (χ4n) is 5.61. The number of benzene rings is 1. The van der Waals surface area contributed by atoms with Crippen molar-refractivity contribution < 1.29 is 14.3 Å². The number of piperidine rings is 1. The van der Waals surface area contributed by atoms with Crippen molar-refractivity contribution >= 4 is 46.0 Å². The van der Waals surface area contributed by atoms with Gasteiger partial charge in [0.1, 0.15) is 23.4 Å². The third-order valence-electron chi connectivity index (χ3n) is 7.80. The molecule has 1 spiro atoms. The summed E-state index contributed by atoms with van der Waals surface area (Å²) >= 11 is 12.6. The lowest BCUT2D eigenvalue weighted by Crippen LogP contribution is -2.61. The lowest BCUT2D eigenvalue weighted by Gasteiger charge is -2.54. The summed E-state index contributed by atoms with van der Waals surface area (Å²) in [4.78, 5) is 24.6. The van der Waals surface area contributed by atoms with E-state index in [4.69, 9.17) is 37.7 Å². The van der Waals surface area contributed by atoms with E-state index in [9.17, 15) is 4.79 Å². The number of fused-ring (bicyclic) bond motifs is 1. The van der Waals surface area contributed by atoms with Gasteiger partial charge in [-0.1, -0.05) is 23.2 Å². The fourth-order valence-corrected chi connectivity index (χ4v) is 6.28. The Hall–Kier alpha value is -3.56. The van der Waals surface area contributed by atoms with Crippen molar-refractivity contribution in [2.45, 2.75) is 25.9 Å². The zero-order valence-electron chi connectivity index (χ0n) is 21.7. The molecule has 9 nitrogen and oxygen atoms in total. The van der Waals surface area contributed by atoms with E-state index in [2.05, 4.69) is 26.1 Å². The van der Waals surface area contributed by atoms with Crippen LogP contribution in [0.3, 0.4) is 0 Å². The molecule has 0 unspecified atom stereocenters.